The average Bonchev–Trinajstić information content (AvgIpc) is 2.69. The highest BCUT2D eigenvalue weighted by molar-refractivity contribution is 7.89. The smallest absolute Gasteiger partial charge is 0.279 e. The number of sulfonamides is 1. The van der Waals surface area contributed by atoms with Gasteiger partial charge in [-0.05, 0) is 63.2 Å². The van der Waals surface area contributed by atoms with E-state index in [4.69, 9.17) is 4.74 Å². The molecule has 2 aromatic rings. The fourth-order valence-corrected chi connectivity index (χ4v) is 3.09. The Labute approximate surface area is 164 Å². The number of benzene rings is 2. The van der Waals surface area contributed by atoms with Gasteiger partial charge in [0.25, 0.3) is 11.8 Å². The van der Waals surface area contributed by atoms with Crippen LogP contribution in [0.3, 0.4) is 0 Å². The molecule has 0 spiro atoms. The van der Waals surface area contributed by atoms with Crippen molar-refractivity contribution in [2.45, 2.75) is 31.8 Å². The van der Waals surface area contributed by atoms with Crippen molar-refractivity contribution in [3.63, 3.8) is 0 Å². The Morgan fingerprint density at radius 3 is 2.39 bits per heavy atom. The Morgan fingerprint density at radius 2 is 1.71 bits per heavy atom. The number of amides is 2. The van der Waals surface area contributed by atoms with Crippen LogP contribution in [0.5, 0.6) is 5.75 Å². The van der Waals surface area contributed by atoms with Gasteiger partial charge < -0.3 is 4.74 Å². The fourth-order valence-electron chi connectivity index (χ4n) is 2.31. The summed E-state index contributed by atoms with van der Waals surface area (Å²) in [6.07, 6.45) is -0.850. The first kappa shape index (κ1) is 21.4. The van der Waals surface area contributed by atoms with Crippen LogP contribution >= 0.6 is 0 Å². The third kappa shape index (κ3) is 5.08. The second kappa shape index (κ2) is 8.85. The molecule has 0 radical (unpaired) electrons. The fraction of sp³-hybridized carbons (Fsp3) is 0.263. The lowest BCUT2D eigenvalue weighted by Gasteiger charge is -2.17. The van der Waals surface area contributed by atoms with Gasteiger partial charge in [-0.3, -0.25) is 20.4 Å². The van der Waals surface area contributed by atoms with Gasteiger partial charge in [0.1, 0.15) is 5.75 Å². The summed E-state index contributed by atoms with van der Waals surface area (Å²) in [4.78, 5) is 24.4. The zero-order valence-corrected chi connectivity index (χ0v) is 16.9. The summed E-state index contributed by atoms with van der Waals surface area (Å²) in [5, 5.41) is 0. The standard InChI is InChI=1S/C19H23N3O5S/c1-12-7-5-10-17(13(12)2)27-14(3)18(23)21-22-19(24)15-8-6-9-16(11-15)28(25,26)20-4/h5-11,14,20H,1-4H3,(H,21,23)(H,22,24). The van der Waals surface area contributed by atoms with Crippen LogP contribution in [0, 0.1) is 13.8 Å². The highest BCUT2D eigenvalue weighted by Gasteiger charge is 2.18. The molecule has 1 atom stereocenters. The topological polar surface area (TPSA) is 114 Å². The molecular weight excluding hydrogens is 382 g/mol. The summed E-state index contributed by atoms with van der Waals surface area (Å²) in [6.45, 7) is 5.39. The molecule has 2 amide bonds. The number of ether oxygens (including phenoxy) is 1. The van der Waals surface area contributed by atoms with E-state index in [9.17, 15) is 18.0 Å². The van der Waals surface area contributed by atoms with Crippen LogP contribution in [-0.4, -0.2) is 33.4 Å². The van der Waals surface area contributed by atoms with E-state index >= 15 is 0 Å². The van der Waals surface area contributed by atoms with Crippen LogP contribution in [0.15, 0.2) is 47.4 Å². The zero-order valence-electron chi connectivity index (χ0n) is 16.1. The molecule has 0 aliphatic heterocycles. The van der Waals surface area contributed by atoms with Crippen LogP contribution < -0.4 is 20.3 Å². The van der Waals surface area contributed by atoms with Crippen molar-refractivity contribution in [1.82, 2.24) is 15.6 Å². The molecule has 0 saturated carbocycles. The number of carbonyl (C=O) groups is 2. The normalized spacial score (nSPS) is 12.1. The molecule has 0 aromatic heterocycles. The van der Waals surface area contributed by atoms with E-state index in [1.54, 1.807) is 13.0 Å². The van der Waals surface area contributed by atoms with Gasteiger partial charge in [0, 0.05) is 5.56 Å². The van der Waals surface area contributed by atoms with Crippen molar-refractivity contribution in [2.24, 2.45) is 0 Å². The lowest BCUT2D eigenvalue weighted by Crippen LogP contribution is -2.47. The Bertz CT molecular complexity index is 989. The molecule has 2 aromatic carbocycles. The minimum Gasteiger partial charge on any atom is -0.481 e. The Morgan fingerprint density at radius 1 is 1.04 bits per heavy atom. The van der Waals surface area contributed by atoms with Gasteiger partial charge in [-0.15, -0.1) is 0 Å². The summed E-state index contributed by atoms with van der Waals surface area (Å²) in [5.74, 6) is -0.618. The van der Waals surface area contributed by atoms with E-state index in [1.165, 1.54) is 31.3 Å². The van der Waals surface area contributed by atoms with Crippen molar-refractivity contribution >= 4 is 21.8 Å². The van der Waals surface area contributed by atoms with E-state index in [-0.39, 0.29) is 10.5 Å². The van der Waals surface area contributed by atoms with Gasteiger partial charge in [0.2, 0.25) is 10.0 Å². The quantitative estimate of drug-likeness (QED) is 0.630. The second-order valence-electron chi connectivity index (χ2n) is 6.14. The van der Waals surface area contributed by atoms with E-state index in [1.807, 2.05) is 26.0 Å². The SMILES string of the molecule is CNS(=O)(=O)c1cccc(C(=O)NNC(=O)C(C)Oc2cccc(C)c2C)c1. The van der Waals surface area contributed by atoms with Gasteiger partial charge in [-0.25, -0.2) is 13.1 Å². The van der Waals surface area contributed by atoms with E-state index < -0.39 is 27.9 Å². The maximum absolute atomic E-state index is 12.2. The third-order valence-electron chi connectivity index (χ3n) is 4.20. The molecule has 0 aliphatic rings. The van der Waals surface area contributed by atoms with Gasteiger partial charge >= 0.3 is 0 Å². The number of carbonyl (C=O) groups excluding carboxylic acids is 2. The lowest BCUT2D eigenvalue weighted by molar-refractivity contribution is -0.128. The molecule has 0 aliphatic carbocycles. The first-order valence-electron chi connectivity index (χ1n) is 8.52. The minimum atomic E-state index is -3.68. The summed E-state index contributed by atoms with van der Waals surface area (Å²) in [5.41, 5.74) is 6.58. The molecule has 28 heavy (non-hydrogen) atoms. The molecule has 8 nitrogen and oxygen atoms in total. The van der Waals surface area contributed by atoms with Crippen molar-refractivity contribution in [3.05, 3.63) is 59.2 Å². The van der Waals surface area contributed by atoms with Gasteiger partial charge in [0.05, 0.1) is 4.90 Å². The molecule has 0 fully saturated rings. The lowest BCUT2D eigenvalue weighted by atomic mass is 10.1. The number of rotatable bonds is 6. The first-order valence-corrected chi connectivity index (χ1v) is 10.0. The van der Waals surface area contributed by atoms with Crippen LogP contribution in [0.4, 0.5) is 0 Å². The molecule has 0 heterocycles. The Kier molecular flexibility index (Phi) is 6.76. The number of hydrazine groups is 1. The largest absolute Gasteiger partial charge is 0.481 e. The molecule has 0 saturated heterocycles. The van der Waals surface area contributed by atoms with E-state index in [0.717, 1.165) is 11.1 Å². The summed E-state index contributed by atoms with van der Waals surface area (Å²) >= 11 is 0. The zero-order chi connectivity index (χ0) is 20.9. The van der Waals surface area contributed by atoms with Crippen LogP contribution in [0.2, 0.25) is 0 Å². The first-order chi connectivity index (χ1) is 13.2. The highest BCUT2D eigenvalue weighted by Crippen LogP contribution is 2.21. The summed E-state index contributed by atoms with van der Waals surface area (Å²) < 4.78 is 31.5. The Balaban J connectivity index is 1.99. The minimum absolute atomic E-state index is 0.0550. The predicted octanol–water partition coefficient (Wildman–Crippen LogP) is 1.44. The number of nitrogens with one attached hydrogen (secondary N) is 3. The van der Waals surface area contributed by atoms with Gasteiger partial charge in [-0.1, -0.05) is 18.2 Å². The molecular formula is C19H23N3O5S. The molecule has 9 heteroatoms. The number of aryl methyl sites for hydroxylation is 1. The third-order valence-corrected chi connectivity index (χ3v) is 5.61. The molecule has 150 valence electrons. The monoisotopic (exact) mass is 405 g/mol. The highest BCUT2D eigenvalue weighted by atomic mass is 32.2. The van der Waals surface area contributed by atoms with Gasteiger partial charge in [0.15, 0.2) is 6.10 Å². The summed E-state index contributed by atoms with van der Waals surface area (Å²) in [6, 6.07) is 11.0. The summed E-state index contributed by atoms with van der Waals surface area (Å²) in [7, 11) is -2.40. The maximum atomic E-state index is 12.2. The molecule has 3 N–H and O–H groups in total. The molecule has 1 unspecified atom stereocenters. The van der Waals surface area contributed by atoms with Crippen molar-refractivity contribution < 1.29 is 22.7 Å². The van der Waals surface area contributed by atoms with E-state index in [0.29, 0.717) is 5.75 Å². The second-order valence-corrected chi connectivity index (χ2v) is 8.02. The van der Waals surface area contributed by atoms with Gasteiger partial charge in [-0.2, -0.15) is 0 Å². The maximum Gasteiger partial charge on any atom is 0.279 e. The van der Waals surface area contributed by atoms with Crippen molar-refractivity contribution in [3.8, 4) is 5.75 Å². The van der Waals surface area contributed by atoms with Crippen LogP contribution in [-0.2, 0) is 14.8 Å². The van der Waals surface area contributed by atoms with Crippen LogP contribution in [0.25, 0.3) is 0 Å². The van der Waals surface area contributed by atoms with Crippen molar-refractivity contribution in [1.29, 1.82) is 0 Å². The number of hydrogen-bond donors (Lipinski definition) is 3. The van der Waals surface area contributed by atoms with Crippen molar-refractivity contribution in [2.75, 3.05) is 7.05 Å². The average molecular weight is 405 g/mol. The van der Waals surface area contributed by atoms with Crippen LogP contribution in [0.1, 0.15) is 28.4 Å². The Hall–Kier alpha value is -2.91. The number of hydrogen-bond acceptors (Lipinski definition) is 5. The molecule has 2 rings (SSSR count). The predicted molar refractivity (Wildman–Crippen MR) is 104 cm³/mol. The molecule has 0 bridgehead atoms. The van der Waals surface area contributed by atoms with E-state index in [2.05, 4.69) is 15.6 Å².